The summed E-state index contributed by atoms with van der Waals surface area (Å²) in [6.45, 7) is 3.44. The van der Waals surface area contributed by atoms with E-state index in [0.717, 1.165) is 11.3 Å². The third-order valence-corrected chi connectivity index (χ3v) is 2.09. The maximum Gasteiger partial charge on any atom is 0.238 e. The standard InChI is InChI=1S/C12H18N2O2/c1-3-16-9-10-6-4-5-7-11(10)14-12(15)8-13-2/h4-7,13H,3,8-9H2,1-2H3,(H,14,15). The number of nitrogens with one attached hydrogen (secondary N) is 2. The van der Waals surface area contributed by atoms with E-state index in [2.05, 4.69) is 10.6 Å². The third kappa shape index (κ3) is 4.00. The maximum atomic E-state index is 11.4. The van der Waals surface area contributed by atoms with Crippen LogP contribution in [-0.2, 0) is 16.1 Å². The summed E-state index contributed by atoms with van der Waals surface area (Å²) in [5.74, 6) is -0.0496. The summed E-state index contributed by atoms with van der Waals surface area (Å²) < 4.78 is 5.33. The van der Waals surface area contributed by atoms with Crippen molar-refractivity contribution >= 4 is 11.6 Å². The lowest BCUT2D eigenvalue weighted by molar-refractivity contribution is -0.115. The number of likely N-dealkylation sites (N-methyl/N-ethyl adjacent to an activating group) is 1. The number of hydrogen-bond acceptors (Lipinski definition) is 3. The highest BCUT2D eigenvalue weighted by molar-refractivity contribution is 5.92. The molecule has 1 aromatic rings. The summed E-state index contributed by atoms with van der Waals surface area (Å²) in [6, 6.07) is 7.65. The molecule has 1 amide bonds. The van der Waals surface area contributed by atoms with Crippen LogP contribution in [0.3, 0.4) is 0 Å². The Balaban J connectivity index is 2.66. The van der Waals surface area contributed by atoms with Crippen molar-refractivity contribution in [3.8, 4) is 0 Å². The van der Waals surface area contributed by atoms with Gasteiger partial charge in [0.2, 0.25) is 5.91 Å². The SMILES string of the molecule is CCOCc1ccccc1NC(=O)CNC. The molecule has 0 radical (unpaired) electrons. The molecule has 1 aromatic carbocycles. The van der Waals surface area contributed by atoms with Gasteiger partial charge < -0.3 is 15.4 Å². The summed E-state index contributed by atoms with van der Waals surface area (Å²) in [6.07, 6.45) is 0. The molecule has 0 aliphatic carbocycles. The fourth-order valence-electron chi connectivity index (χ4n) is 1.34. The van der Waals surface area contributed by atoms with Gasteiger partial charge in [-0.3, -0.25) is 4.79 Å². The largest absolute Gasteiger partial charge is 0.377 e. The Morgan fingerprint density at radius 1 is 1.38 bits per heavy atom. The van der Waals surface area contributed by atoms with Crippen molar-refractivity contribution in [3.63, 3.8) is 0 Å². The molecule has 0 unspecified atom stereocenters. The fraction of sp³-hybridized carbons (Fsp3) is 0.417. The van der Waals surface area contributed by atoms with Crippen LogP contribution in [0.25, 0.3) is 0 Å². The van der Waals surface area contributed by atoms with Crippen LogP contribution in [0.5, 0.6) is 0 Å². The van der Waals surface area contributed by atoms with Crippen LogP contribution in [0.2, 0.25) is 0 Å². The topological polar surface area (TPSA) is 50.4 Å². The number of benzene rings is 1. The Hall–Kier alpha value is -1.39. The van der Waals surface area contributed by atoms with Crippen LogP contribution in [-0.4, -0.2) is 26.1 Å². The number of ether oxygens (including phenoxy) is 1. The molecule has 2 N–H and O–H groups in total. The maximum absolute atomic E-state index is 11.4. The molecule has 88 valence electrons. The smallest absolute Gasteiger partial charge is 0.238 e. The lowest BCUT2D eigenvalue weighted by atomic mass is 10.2. The molecule has 0 saturated carbocycles. The van der Waals surface area contributed by atoms with Crippen molar-refractivity contribution in [1.82, 2.24) is 5.32 Å². The number of carbonyl (C=O) groups is 1. The molecule has 0 saturated heterocycles. The monoisotopic (exact) mass is 222 g/mol. The Bertz CT molecular complexity index is 340. The van der Waals surface area contributed by atoms with E-state index in [1.807, 2.05) is 31.2 Å². The predicted molar refractivity (Wildman–Crippen MR) is 64.3 cm³/mol. The highest BCUT2D eigenvalue weighted by Crippen LogP contribution is 2.15. The summed E-state index contributed by atoms with van der Waals surface area (Å²) in [5, 5.41) is 5.65. The molecule has 4 nitrogen and oxygen atoms in total. The van der Waals surface area contributed by atoms with Crippen molar-refractivity contribution < 1.29 is 9.53 Å². The van der Waals surface area contributed by atoms with E-state index >= 15 is 0 Å². The van der Waals surface area contributed by atoms with Gasteiger partial charge in [0.25, 0.3) is 0 Å². The van der Waals surface area contributed by atoms with E-state index in [0.29, 0.717) is 19.8 Å². The lowest BCUT2D eigenvalue weighted by Gasteiger charge is -2.10. The molecular weight excluding hydrogens is 204 g/mol. The van der Waals surface area contributed by atoms with Crippen LogP contribution in [0.4, 0.5) is 5.69 Å². The van der Waals surface area contributed by atoms with Gasteiger partial charge in [-0.1, -0.05) is 18.2 Å². The van der Waals surface area contributed by atoms with Crippen molar-refractivity contribution in [2.45, 2.75) is 13.5 Å². The number of carbonyl (C=O) groups excluding carboxylic acids is 1. The molecule has 0 spiro atoms. The molecule has 0 aliphatic heterocycles. The highest BCUT2D eigenvalue weighted by atomic mass is 16.5. The van der Waals surface area contributed by atoms with Gasteiger partial charge in [-0.2, -0.15) is 0 Å². The second kappa shape index (κ2) is 6.98. The number of rotatable bonds is 6. The van der Waals surface area contributed by atoms with Gasteiger partial charge in [0, 0.05) is 17.9 Å². The van der Waals surface area contributed by atoms with Crippen molar-refractivity contribution in [1.29, 1.82) is 0 Å². The van der Waals surface area contributed by atoms with E-state index in [4.69, 9.17) is 4.74 Å². The third-order valence-electron chi connectivity index (χ3n) is 2.09. The van der Waals surface area contributed by atoms with Gasteiger partial charge in [0.15, 0.2) is 0 Å². The average molecular weight is 222 g/mol. The lowest BCUT2D eigenvalue weighted by Crippen LogP contribution is -2.25. The predicted octanol–water partition coefficient (Wildman–Crippen LogP) is 1.38. The molecule has 4 heteroatoms. The molecule has 16 heavy (non-hydrogen) atoms. The van der Waals surface area contributed by atoms with Crippen LogP contribution < -0.4 is 10.6 Å². The van der Waals surface area contributed by atoms with E-state index in [-0.39, 0.29) is 5.91 Å². The fourth-order valence-corrected chi connectivity index (χ4v) is 1.34. The van der Waals surface area contributed by atoms with E-state index < -0.39 is 0 Å². The van der Waals surface area contributed by atoms with Crippen molar-refractivity contribution in [3.05, 3.63) is 29.8 Å². The van der Waals surface area contributed by atoms with Crippen molar-refractivity contribution in [2.75, 3.05) is 25.5 Å². The number of amides is 1. The summed E-state index contributed by atoms with van der Waals surface area (Å²) in [4.78, 5) is 11.4. The molecule has 0 heterocycles. The molecular formula is C12H18N2O2. The van der Waals surface area contributed by atoms with Gasteiger partial charge in [-0.25, -0.2) is 0 Å². The zero-order valence-electron chi connectivity index (χ0n) is 9.75. The van der Waals surface area contributed by atoms with Crippen LogP contribution in [0.15, 0.2) is 24.3 Å². The van der Waals surface area contributed by atoms with E-state index in [9.17, 15) is 4.79 Å². The van der Waals surface area contributed by atoms with Gasteiger partial charge in [0.05, 0.1) is 13.2 Å². The van der Waals surface area contributed by atoms with Crippen LogP contribution >= 0.6 is 0 Å². The first-order valence-corrected chi connectivity index (χ1v) is 5.38. The minimum absolute atomic E-state index is 0.0496. The summed E-state index contributed by atoms with van der Waals surface area (Å²) in [7, 11) is 1.74. The van der Waals surface area contributed by atoms with Crippen molar-refractivity contribution in [2.24, 2.45) is 0 Å². The Kier molecular flexibility index (Phi) is 5.53. The normalized spacial score (nSPS) is 10.1. The molecule has 1 rings (SSSR count). The van der Waals surface area contributed by atoms with Gasteiger partial charge in [-0.15, -0.1) is 0 Å². The van der Waals surface area contributed by atoms with Gasteiger partial charge in [0.1, 0.15) is 0 Å². The zero-order chi connectivity index (χ0) is 11.8. The minimum atomic E-state index is -0.0496. The number of para-hydroxylation sites is 1. The van der Waals surface area contributed by atoms with E-state index in [1.165, 1.54) is 0 Å². The first-order chi connectivity index (χ1) is 7.77. The second-order valence-corrected chi connectivity index (χ2v) is 3.37. The first kappa shape index (κ1) is 12.7. The first-order valence-electron chi connectivity index (χ1n) is 5.38. The Morgan fingerprint density at radius 3 is 2.81 bits per heavy atom. The zero-order valence-corrected chi connectivity index (χ0v) is 9.75. The quantitative estimate of drug-likeness (QED) is 0.764. The highest BCUT2D eigenvalue weighted by Gasteiger charge is 2.05. The molecule has 0 bridgehead atoms. The average Bonchev–Trinajstić information content (AvgIpc) is 2.28. The molecule has 0 aromatic heterocycles. The van der Waals surface area contributed by atoms with Gasteiger partial charge in [-0.05, 0) is 20.0 Å². The summed E-state index contributed by atoms with van der Waals surface area (Å²) in [5.41, 5.74) is 1.81. The number of anilines is 1. The van der Waals surface area contributed by atoms with Crippen LogP contribution in [0.1, 0.15) is 12.5 Å². The summed E-state index contributed by atoms with van der Waals surface area (Å²) >= 11 is 0. The Morgan fingerprint density at radius 2 is 2.12 bits per heavy atom. The minimum Gasteiger partial charge on any atom is -0.377 e. The Labute approximate surface area is 96.0 Å². The van der Waals surface area contributed by atoms with Crippen LogP contribution in [0, 0.1) is 0 Å². The number of hydrogen-bond donors (Lipinski definition) is 2. The molecule has 0 aliphatic rings. The van der Waals surface area contributed by atoms with Gasteiger partial charge >= 0.3 is 0 Å². The second-order valence-electron chi connectivity index (χ2n) is 3.37. The molecule has 0 fully saturated rings. The van der Waals surface area contributed by atoms with E-state index in [1.54, 1.807) is 7.05 Å². The molecule has 0 atom stereocenters.